The maximum Gasteiger partial charge on any atom is 0.267 e. The lowest BCUT2D eigenvalue weighted by Crippen LogP contribution is -2.69. The standard InChI is InChI=1S/C23H24FN3O3/c24-19-9-6-17(7-10-19)14-22(29)26-15-23(16-26)12-3-13-27(23)20-5-2-1-4-18(20)8-11-21(28)25-30/h1-2,4-11,30H,3,12-16H2,(H,25,28)/b11-8+. The molecule has 0 saturated carbocycles. The van der Waals surface area contributed by atoms with Gasteiger partial charge in [0.25, 0.3) is 5.91 Å². The van der Waals surface area contributed by atoms with E-state index in [1.54, 1.807) is 23.7 Å². The molecule has 2 N–H and O–H groups in total. The molecule has 2 fully saturated rings. The van der Waals surface area contributed by atoms with E-state index >= 15 is 0 Å². The first-order valence-corrected chi connectivity index (χ1v) is 10.0. The highest BCUT2D eigenvalue weighted by molar-refractivity contribution is 5.92. The number of para-hydroxylation sites is 1. The zero-order valence-electron chi connectivity index (χ0n) is 16.6. The molecule has 2 heterocycles. The van der Waals surface area contributed by atoms with Gasteiger partial charge in [-0.05, 0) is 48.2 Å². The van der Waals surface area contributed by atoms with Gasteiger partial charge >= 0.3 is 0 Å². The highest BCUT2D eigenvalue weighted by Gasteiger charge is 2.51. The third-order valence-electron chi connectivity index (χ3n) is 5.94. The molecule has 0 aromatic heterocycles. The van der Waals surface area contributed by atoms with Crippen LogP contribution in [0, 0.1) is 5.82 Å². The van der Waals surface area contributed by atoms with Crippen LogP contribution in [0.25, 0.3) is 6.08 Å². The molecule has 156 valence electrons. The summed E-state index contributed by atoms with van der Waals surface area (Å²) in [6.45, 7) is 2.20. The first-order valence-electron chi connectivity index (χ1n) is 10.0. The number of benzene rings is 2. The molecule has 0 bridgehead atoms. The fourth-order valence-corrected chi connectivity index (χ4v) is 4.45. The number of hydrogen-bond donors (Lipinski definition) is 2. The summed E-state index contributed by atoms with van der Waals surface area (Å²) in [6.07, 6.45) is 5.29. The van der Waals surface area contributed by atoms with Crippen LogP contribution in [0.5, 0.6) is 0 Å². The molecule has 2 saturated heterocycles. The van der Waals surface area contributed by atoms with Gasteiger partial charge in [-0.1, -0.05) is 30.3 Å². The van der Waals surface area contributed by atoms with Crippen molar-refractivity contribution >= 4 is 23.6 Å². The van der Waals surface area contributed by atoms with Gasteiger partial charge in [0.05, 0.1) is 12.0 Å². The number of rotatable bonds is 5. The first kappa shape index (κ1) is 20.1. The number of carbonyl (C=O) groups excluding carboxylic acids is 2. The van der Waals surface area contributed by atoms with E-state index in [4.69, 9.17) is 5.21 Å². The monoisotopic (exact) mass is 409 g/mol. The molecule has 0 unspecified atom stereocenters. The molecule has 2 aliphatic rings. The molecule has 2 amide bonds. The van der Waals surface area contributed by atoms with Crippen LogP contribution in [0.3, 0.4) is 0 Å². The molecule has 2 aliphatic heterocycles. The van der Waals surface area contributed by atoms with Crippen LogP contribution in [0.4, 0.5) is 10.1 Å². The zero-order valence-corrected chi connectivity index (χ0v) is 16.6. The largest absolute Gasteiger partial charge is 0.362 e. The number of nitrogens with zero attached hydrogens (tertiary/aromatic N) is 2. The van der Waals surface area contributed by atoms with Crippen LogP contribution in [0.2, 0.25) is 0 Å². The van der Waals surface area contributed by atoms with Gasteiger partial charge in [0, 0.05) is 31.4 Å². The summed E-state index contributed by atoms with van der Waals surface area (Å²) in [5.74, 6) is -0.839. The Kier molecular flexibility index (Phi) is 5.55. The topological polar surface area (TPSA) is 72.9 Å². The molecule has 6 nitrogen and oxygen atoms in total. The Balaban J connectivity index is 1.46. The first-order chi connectivity index (χ1) is 14.5. The fraction of sp³-hybridized carbons (Fsp3) is 0.304. The summed E-state index contributed by atoms with van der Waals surface area (Å²) in [6, 6.07) is 13.9. The van der Waals surface area contributed by atoms with Gasteiger partial charge in [0.2, 0.25) is 5.91 Å². The van der Waals surface area contributed by atoms with E-state index in [0.29, 0.717) is 13.1 Å². The number of carbonyl (C=O) groups is 2. The van der Waals surface area contributed by atoms with Gasteiger partial charge in [-0.25, -0.2) is 9.87 Å². The molecule has 0 aliphatic carbocycles. The Morgan fingerprint density at radius 2 is 1.87 bits per heavy atom. The second kappa shape index (κ2) is 8.28. The summed E-state index contributed by atoms with van der Waals surface area (Å²) < 4.78 is 13.1. The van der Waals surface area contributed by atoms with Crippen molar-refractivity contribution in [1.82, 2.24) is 10.4 Å². The summed E-state index contributed by atoms with van der Waals surface area (Å²) in [5, 5.41) is 8.71. The minimum Gasteiger partial charge on any atom is -0.362 e. The van der Waals surface area contributed by atoms with Crippen molar-refractivity contribution in [3.8, 4) is 0 Å². The predicted molar refractivity (Wildman–Crippen MR) is 111 cm³/mol. The van der Waals surface area contributed by atoms with Gasteiger partial charge < -0.3 is 9.80 Å². The van der Waals surface area contributed by atoms with E-state index in [1.165, 1.54) is 18.2 Å². The second-order valence-corrected chi connectivity index (χ2v) is 7.90. The normalized spacial score (nSPS) is 17.4. The van der Waals surface area contributed by atoms with Crippen LogP contribution in [-0.2, 0) is 16.0 Å². The molecule has 0 radical (unpaired) electrons. The maximum absolute atomic E-state index is 13.1. The molecular weight excluding hydrogens is 385 g/mol. The zero-order chi connectivity index (χ0) is 21.1. The molecule has 1 spiro atoms. The Bertz CT molecular complexity index is 968. The summed E-state index contributed by atoms with van der Waals surface area (Å²) in [7, 11) is 0. The Morgan fingerprint density at radius 1 is 1.13 bits per heavy atom. The fourth-order valence-electron chi connectivity index (χ4n) is 4.45. The van der Waals surface area contributed by atoms with Gasteiger partial charge in [0.15, 0.2) is 0 Å². The van der Waals surface area contributed by atoms with Crippen LogP contribution >= 0.6 is 0 Å². The second-order valence-electron chi connectivity index (χ2n) is 7.90. The summed E-state index contributed by atoms with van der Waals surface area (Å²) >= 11 is 0. The molecule has 2 aromatic rings. The number of halogens is 1. The van der Waals surface area contributed by atoms with Crippen molar-refractivity contribution in [2.45, 2.75) is 24.8 Å². The highest BCUT2D eigenvalue weighted by atomic mass is 19.1. The summed E-state index contributed by atoms with van der Waals surface area (Å²) in [4.78, 5) is 28.2. The number of hydrogen-bond acceptors (Lipinski definition) is 4. The Morgan fingerprint density at radius 3 is 2.60 bits per heavy atom. The van der Waals surface area contributed by atoms with Crippen LogP contribution in [0.1, 0.15) is 24.0 Å². The molecule has 7 heteroatoms. The van der Waals surface area contributed by atoms with Gasteiger partial charge in [-0.3, -0.25) is 14.8 Å². The van der Waals surface area contributed by atoms with Crippen molar-refractivity contribution in [1.29, 1.82) is 0 Å². The number of likely N-dealkylation sites (tertiary alicyclic amines) is 1. The van der Waals surface area contributed by atoms with Crippen molar-refractivity contribution in [3.63, 3.8) is 0 Å². The quantitative estimate of drug-likeness (QED) is 0.453. The van der Waals surface area contributed by atoms with Crippen LogP contribution in [-0.4, -0.2) is 47.1 Å². The van der Waals surface area contributed by atoms with Crippen molar-refractivity contribution in [2.24, 2.45) is 0 Å². The molecule has 0 atom stereocenters. The van der Waals surface area contributed by atoms with Crippen molar-refractivity contribution in [3.05, 3.63) is 71.6 Å². The van der Waals surface area contributed by atoms with Crippen LogP contribution in [0.15, 0.2) is 54.6 Å². The average molecular weight is 409 g/mol. The third-order valence-corrected chi connectivity index (χ3v) is 5.94. The van der Waals surface area contributed by atoms with Gasteiger partial charge in [0.1, 0.15) is 5.82 Å². The third kappa shape index (κ3) is 3.93. The lowest BCUT2D eigenvalue weighted by atomic mass is 9.85. The van der Waals surface area contributed by atoms with Gasteiger partial charge in [-0.2, -0.15) is 0 Å². The van der Waals surface area contributed by atoms with Gasteiger partial charge in [-0.15, -0.1) is 0 Å². The van der Waals surface area contributed by atoms with E-state index in [9.17, 15) is 14.0 Å². The minimum atomic E-state index is -0.581. The lowest BCUT2D eigenvalue weighted by Gasteiger charge is -2.54. The van der Waals surface area contributed by atoms with Crippen molar-refractivity contribution in [2.75, 3.05) is 24.5 Å². The van der Waals surface area contributed by atoms with E-state index in [2.05, 4.69) is 4.90 Å². The smallest absolute Gasteiger partial charge is 0.267 e. The number of nitrogens with one attached hydrogen (secondary N) is 1. The van der Waals surface area contributed by atoms with E-state index in [1.807, 2.05) is 29.2 Å². The SMILES string of the molecule is O=C(/C=C/c1ccccc1N1CCCC12CN(C(=O)Cc1ccc(F)cc1)C2)NO. The molecule has 2 aromatic carbocycles. The predicted octanol–water partition coefficient (Wildman–Crippen LogP) is 2.77. The average Bonchev–Trinajstić information content (AvgIpc) is 3.18. The maximum atomic E-state index is 13.1. The highest BCUT2D eigenvalue weighted by Crippen LogP contribution is 2.42. The molecule has 30 heavy (non-hydrogen) atoms. The molecule has 4 rings (SSSR count). The Labute approximate surface area is 174 Å². The number of hydroxylamine groups is 1. The van der Waals surface area contributed by atoms with E-state index < -0.39 is 5.91 Å². The number of amides is 2. The van der Waals surface area contributed by atoms with E-state index in [-0.39, 0.29) is 23.7 Å². The van der Waals surface area contributed by atoms with E-state index in [0.717, 1.165) is 36.2 Å². The number of anilines is 1. The molecular formula is C23H24FN3O3. The summed E-state index contributed by atoms with van der Waals surface area (Å²) in [5.41, 5.74) is 4.22. The Hall–Kier alpha value is -3.19. The van der Waals surface area contributed by atoms with Crippen LogP contribution < -0.4 is 10.4 Å². The minimum absolute atomic E-state index is 0.0480. The van der Waals surface area contributed by atoms with Crippen molar-refractivity contribution < 1.29 is 19.2 Å². The lowest BCUT2D eigenvalue weighted by molar-refractivity contribution is -0.137.